The summed E-state index contributed by atoms with van der Waals surface area (Å²) < 4.78 is 11.8. The van der Waals surface area contributed by atoms with Crippen molar-refractivity contribution in [1.82, 2.24) is 4.90 Å². The Hall–Kier alpha value is -2.37. The fourth-order valence-electron chi connectivity index (χ4n) is 7.23. The summed E-state index contributed by atoms with van der Waals surface area (Å²) in [5.74, 6) is 2.19. The second-order valence-corrected chi connectivity index (χ2v) is 10.7. The summed E-state index contributed by atoms with van der Waals surface area (Å²) in [5.41, 5.74) is 3.51. The van der Waals surface area contributed by atoms with Gasteiger partial charge in [0.15, 0.2) is 0 Å². The first-order valence-corrected chi connectivity index (χ1v) is 13.5. The Morgan fingerprint density at radius 1 is 1.17 bits per heavy atom. The quantitative estimate of drug-likeness (QED) is 0.687. The zero-order valence-corrected chi connectivity index (χ0v) is 21.5. The van der Waals surface area contributed by atoms with E-state index in [9.17, 15) is 4.79 Å². The van der Waals surface area contributed by atoms with E-state index < -0.39 is 0 Å². The van der Waals surface area contributed by atoms with Crippen molar-refractivity contribution >= 4 is 5.91 Å². The van der Waals surface area contributed by atoms with E-state index in [1.165, 1.54) is 11.1 Å². The van der Waals surface area contributed by atoms with Gasteiger partial charge in [-0.25, -0.2) is 0 Å². The third kappa shape index (κ3) is 4.27. The molecule has 3 aliphatic heterocycles. The smallest absolute Gasteiger partial charge is 0.232 e. The van der Waals surface area contributed by atoms with E-state index in [1.54, 1.807) is 7.11 Å². The van der Waals surface area contributed by atoms with Gasteiger partial charge in [0.1, 0.15) is 11.7 Å². The van der Waals surface area contributed by atoms with Gasteiger partial charge in [0.05, 0.1) is 38.8 Å². The Morgan fingerprint density at radius 3 is 2.71 bits per heavy atom. The molecule has 3 aliphatic rings. The van der Waals surface area contributed by atoms with Crippen LogP contribution in [0.3, 0.4) is 0 Å². The molecule has 0 radical (unpaired) electrons. The molecular weight excluding hydrogens is 436 g/mol. The third-order valence-electron chi connectivity index (χ3n) is 9.16. The van der Waals surface area contributed by atoms with Crippen LogP contribution in [0.2, 0.25) is 0 Å². The number of ether oxygens (including phenoxy) is 2. The Balaban J connectivity index is 1.46. The fourth-order valence-corrected chi connectivity index (χ4v) is 7.23. The highest BCUT2D eigenvalue weighted by Gasteiger charge is 2.56. The number of rotatable bonds is 6. The van der Waals surface area contributed by atoms with Crippen LogP contribution in [0.1, 0.15) is 62.1 Å². The molecule has 2 N–H and O–H groups in total. The summed E-state index contributed by atoms with van der Waals surface area (Å²) in [6.07, 6.45) is 4.32. The standard InChI is InChI=1S/C30H40N2O3/c1-4-21(5-2)27-16-23(22-10-7-6-8-11-22)14-15-32(27)29(33)26-17-31-19-30(26)20-35-18-24-25(30)12-9-13-28(24)34-3/h6-13,21,23,26-27,31H,4-5,14-20H2,1-3H3/p+1/t23-,26+,27+,30-/m1/s1. The molecule has 5 nitrogen and oxygen atoms in total. The molecular formula is C30H41N2O3+. The average molecular weight is 478 g/mol. The lowest BCUT2D eigenvalue weighted by atomic mass is 9.69. The van der Waals surface area contributed by atoms with Crippen molar-refractivity contribution in [2.45, 2.75) is 63.5 Å². The van der Waals surface area contributed by atoms with Crippen LogP contribution in [0.4, 0.5) is 0 Å². The summed E-state index contributed by atoms with van der Waals surface area (Å²) >= 11 is 0. The number of carbonyl (C=O) groups excluding carboxylic acids is 1. The summed E-state index contributed by atoms with van der Waals surface area (Å²) in [6.45, 7) is 8.29. The number of amides is 1. The molecule has 2 aromatic rings. The Kier molecular flexibility index (Phi) is 7.17. The molecule has 5 rings (SSSR count). The maximum absolute atomic E-state index is 14.4. The number of benzene rings is 2. The summed E-state index contributed by atoms with van der Waals surface area (Å²) in [4.78, 5) is 16.7. The Morgan fingerprint density at radius 2 is 1.97 bits per heavy atom. The van der Waals surface area contributed by atoms with E-state index in [2.05, 4.69) is 66.5 Å². The van der Waals surface area contributed by atoms with Crippen molar-refractivity contribution in [3.63, 3.8) is 0 Å². The van der Waals surface area contributed by atoms with E-state index in [0.29, 0.717) is 37.0 Å². The van der Waals surface area contributed by atoms with E-state index >= 15 is 0 Å². The molecule has 0 unspecified atom stereocenters. The number of methoxy groups -OCH3 is 1. The van der Waals surface area contributed by atoms with Crippen molar-refractivity contribution in [2.24, 2.45) is 11.8 Å². The number of carbonyl (C=O) groups is 1. The molecule has 35 heavy (non-hydrogen) atoms. The first kappa shape index (κ1) is 24.3. The molecule has 0 saturated carbocycles. The maximum Gasteiger partial charge on any atom is 0.232 e. The van der Waals surface area contributed by atoms with Crippen LogP contribution in [-0.4, -0.2) is 50.2 Å². The topological polar surface area (TPSA) is 55.4 Å². The lowest BCUT2D eigenvalue weighted by molar-refractivity contribution is -0.640. The SMILES string of the molecule is CCC(CC)[C@@H]1C[C@H](c2ccccc2)CCN1C(=O)[C@@H]1C[NH2+]C[C@]12COCc1c(OC)cccc12. The van der Waals surface area contributed by atoms with Crippen LogP contribution in [0.25, 0.3) is 0 Å². The van der Waals surface area contributed by atoms with Gasteiger partial charge < -0.3 is 19.7 Å². The van der Waals surface area contributed by atoms with Crippen LogP contribution < -0.4 is 10.1 Å². The highest BCUT2D eigenvalue weighted by Crippen LogP contribution is 2.44. The van der Waals surface area contributed by atoms with Crippen LogP contribution in [0.15, 0.2) is 48.5 Å². The Bertz CT molecular complexity index is 1020. The number of hydrogen-bond acceptors (Lipinski definition) is 3. The van der Waals surface area contributed by atoms with Crippen LogP contribution >= 0.6 is 0 Å². The normalized spacial score (nSPS) is 28.3. The molecule has 2 fully saturated rings. The number of hydrogen-bond donors (Lipinski definition) is 1. The molecule has 5 heteroatoms. The van der Waals surface area contributed by atoms with E-state index in [4.69, 9.17) is 9.47 Å². The highest BCUT2D eigenvalue weighted by molar-refractivity contribution is 5.82. The minimum absolute atomic E-state index is 0.0706. The van der Waals surface area contributed by atoms with Gasteiger partial charge in [-0.3, -0.25) is 4.79 Å². The van der Waals surface area contributed by atoms with E-state index in [-0.39, 0.29) is 11.3 Å². The van der Waals surface area contributed by atoms with Gasteiger partial charge in [0.2, 0.25) is 5.91 Å². The lowest BCUT2D eigenvalue weighted by Crippen LogP contribution is -2.82. The molecule has 1 spiro atoms. The predicted octanol–water partition coefficient (Wildman–Crippen LogP) is 3.87. The number of nitrogens with two attached hydrogens (primary N) is 1. The summed E-state index contributed by atoms with van der Waals surface area (Å²) in [6, 6.07) is 17.5. The predicted molar refractivity (Wildman–Crippen MR) is 137 cm³/mol. The largest absolute Gasteiger partial charge is 0.496 e. The number of likely N-dealkylation sites (tertiary alicyclic amines) is 1. The number of fused-ring (bicyclic) bond motifs is 2. The second-order valence-electron chi connectivity index (χ2n) is 10.7. The van der Waals surface area contributed by atoms with Crippen molar-refractivity contribution < 1.29 is 19.6 Å². The monoisotopic (exact) mass is 477 g/mol. The molecule has 0 aromatic heterocycles. The molecule has 2 aromatic carbocycles. The first-order chi connectivity index (χ1) is 17.1. The average Bonchev–Trinajstić information content (AvgIpc) is 3.33. The van der Waals surface area contributed by atoms with Crippen molar-refractivity contribution in [1.29, 1.82) is 0 Å². The van der Waals surface area contributed by atoms with E-state index in [1.807, 2.05) is 6.07 Å². The van der Waals surface area contributed by atoms with Gasteiger partial charge >= 0.3 is 0 Å². The summed E-state index contributed by atoms with van der Waals surface area (Å²) in [5, 5.41) is 2.32. The zero-order chi connectivity index (χ0) is 24.4. The molecule has 188 valence electrons. The molecule has 0 aliphatic carbocycles. The molecule has 2 saturated heterocycles. The van der Waals surface area contributed by atoms with Crippen LogP contribution in [0, 0.1) is 11.8 Å². The van der Waals surface area contributed by atoms with Crippen LogP contribution in [-0.2, 0) is 21.6 Å². The molecule has 4 atom stereocenters. The van der Waals surface area contributed by atoms with E-state index in [0.717, 1.165) is 56.6 Å². The van der Waals surface area contributed by atoms with Crippen LogP contribution in [0.5, 0.6) is 5.75 Å². The van der Waals surface area contributed by atoms with Gasteiger partial charge in [-0.2, -0.15) is 0 Å². The zero-order valence-electron chi connectivity index (χ0n) is 21.5. The molecule has 0 bridgehead atoms. The maximum atomic E-state index is 14.4. The molecule has 3 heterocycles. The Labute approximate surface area is 210 Å². The minimum Gasteiger partial charge on any atom is -0.496 e. The van der Waals surface area contributed by atoms with Crippen molar-refractivity contribution in [3.05, 3.63) is 65.2 Å². The van der Waals surface area contributed by atoms with Gasteiger partial charge in [-0.1, -0.05) is 69.2 Å². The highest BCUT2D eigenvalue weighted by atomic mass is 16.5. The second kappa shape index (κ2) is 10.3. The van der Waals surface area contributed by atoms with Crippen molar-refractivity contribution in [2.75, 3.05) is 33.4 Å². The van der Waals surface area contributed by atoms with Gasteiger partial charge in [0, 0.05) is 18.2 Å². The fraction of sp³-hybridized carbons (Fsp3) is 0.567. The number of nitrogens with zero attached hydrogens (tertiary/aromatic N) is 1. The number of piperidine rings is 1. The summed E-state index contributed by atoms with van der Waals surface area (Å²) in [7, 11) is 1.72. The lowest BCUT2D eigenvalue weighted by Gasteiger charge is -2.46. The minimum atomic E-state index is -0.284. The third-order valence-corrected chi connectivity index (χ3v) is 9.16. The molecule has 1 amide bonds. The van der Waals surface area contributed by atoms with Crippen molar-refractivity contribution in [3.8, 4) is 5.75 Å². The van der Waals surface area contributed by atoms with Gasteiger partial charge in [0.25, 0.3) is 0 Å². The van der Waals surface area contributed by atoms with Gasteiger partial charge in [-0.05, 0) is 41.9 Å². The first-order valence-electron chi connectivity index (χ1n) is 13.5. The van der Waals surface area contributed by atoms with Gasteiger partial charge in [-0.15, -0.1) is 0 Å². The number of quaternary nitrogens is 1.